The van der Waals surface area contributed by atoms with Crippen LogP contribution in [0.25, 0.3) is 0 Å². The maximum Gasteiger partial charge on any atom is 0.310 e. The van der Waals surface area contributed by atoms with Crippen LogP contribution < -0.4 is 11.5 Å². The molecule has 0 unspecified atom stereocenters. The molecule has 0 aromatic carbocycles. The van der Waals surface area contributed by atoms with Crippen LogP contribution in [0.4, 0.5) is 14.5 Å². The van der Waals surface area contributed by atoms with Crippen molar-refractivity contribution in [2.45, 2.75) is 19.4 Å². The number of esters is 1. The van der Waals surface area contributed by atoms with E-state index in [9.17, 15) is 13.6 Å². The van der Waals surface area contributed by atoms with E-state index in [0.29, 0.717) is 0 Å². The molecule has 4 N–H and O–H groups in total. The number of methoxy groups -OCH3 is 1. The summed E-state index contributed by atoms with van der Waals surface area (Å²) in [4.78, 5) is 14.9. The lowest BCUT2D eigenvalue weighted by atomic mass is 10.0. The van der Waals surface area contributed by atoms with Crippen LogP contribution in [0, 0.1) is 0 Å². The molecule has 1 aromatic heterocycles. The molecule has 0 atom stereocenters. The first-order valence-electron chi connectivity index (χ1n) is 4.82. The Balaban J connectivity index is 3.21. The number of ether oxygens (including phenoxy) is 1. The number of nitrogens with two attached hydrogens (primary N) is 2. The molecule has 0 saturated heterocycles. The van der Waals surface area contributed by atoms with Gasteiger partial charge in [0.15, 0.2) is 0 Å². The largest absolute Gasteiger partial charge is 0.469 e. The summed E-state index contributed by atoms with van der Waals surface area (Å²) in [5.41, 5.74) is 10.5. The van der Waals surface area contributed by atoms with Gasteiger partial charge in [-0.3, -0.25) is 9.78 Å². The highest BCUT2D eigenvalue weighted by Gasteiger charge is 2.21. The van der Waals surface area contributed by atoms with Gasteiger partial charge in [0.05, 0.1) is 24.9 Å². The van der Waals surface area contributed by atoms with Crippen LogP contribution in [0.5, 0.6) is 0 Å². The molecule has 0 amide bonds. The van der Waals surface area contributed by atoms with Crippen LogP contribution in [0.3, 0.4) is 0 Å². The lowest BCUT2D eigenvalue weighted by Crippen LogP contribution is -2.13. The average Bonchev–Trinajstić information content (AvgIpc) is 2.28. The third-order valence-corrected chi connectivity index (χ3v) is 2.30. The Hall–Kier alpha value is -1.76. The molecule has 1 heterocycles. The standard InChI is InChI=1S/C10H13F2N3O2/c1-17-7(16)2-5-4-15-6(3-13)9(14)8(5)10(11)12/h4,10H,2-3,13-14H2,1H3. The number of anilines is 1. The fourth-order valence-electron chi connectivity index (χ4n) is 1.41. The van der Waals surface area contributed by atoms with E-state index in [1.165, 1.54) is 13.3 Å². The van der Waals surface area contributed by atoms with Gasteiger partial charge in [-0.2, -0.15) is 0 Å². The van der Waals surface area contributed by atoms with E-state index in [1.54, 1.807) is 0 Å². The molecule has 0 fully saturated rings. The van der Waals surface area contributed by atoms with Crippen LogP contribution in [0.2, 0.25) is 0 Å². The minimum absolute atomic E-state index is 0.0376. The van der Waals surface area contributed by atoms with Crippen molar-refractivity contribution in [3.05, 3.63) is 23.0 Å². The number of nitrogen functional groups attached to an aromatic ring is 1. The maximum atomic E-state index is 12.9. The van der Waals surface area contributed by atoms with Gasteiger partial charge in [0.25, 0.3) is 6.43 Å². The number of pyridine rings is 1. The Labute approximate surface area is 96.8 Å². The molecule has 5 nitrogen and oxygen atoms in total. The Morgan fingerprint density at radius 3 is 2.71 bits per heavy atom. The summed E-state index contributed by atoms with van der Waals surface area (Å²) in [5.74, 6) is -0.631. The summed E-state index contributed by atoms with van der Waals surface area (Å²) in [6.45, 7) is -0.0376. The minimum Gasteiger partial charge on any atom is -0.469 e. The number of hydrogen-bond acceptors (Lipinski definition) is 5. The first-order valence-corrected chi connectivity index (χ1v) is 4.82. The molecular formula is C10H13F2N3O2. The Morgan fingerprint density at radius 1 is 1.59 bits per heavy atom. The number of hydrogen-bond donors (Lipinski definition) is 2. The maximum absolute atomic E-state index is 12.9. The molecule has 7 heteroatoms. The van der Waals surface area contributed by atoms with Crippen LogP contribution >= 0.6 is 0 Å². The summed E-state index contributed by atoms with van der Waals surface area (Å²) >= 11 is 0. The fraction of sp³-hybridized carbons (Fsp3) is 0.400. The van der Waals surface area contributed by atoms with Gasteiger partial charge in [-0.25, -0.2) is 8.78 Å². The number of carbonyl (C=O) groups excluding carboxylic acids is 1. The lowest BCUT2D eigenvalue weighted by Gasteiger charge is -2.13. The van der Waals surface area contributed by atoms with E-state index in [2.05, 4.69) is 9.72 Å². The zero-order valence-corrected chi connectivity index (χ0v) is 9.24. The van der Waals surface area contributed by atoms with Crippen LogP contribution in [0.1, 0.15) is 23.2 Å². The highest BCUT2D eigenvalue weighted by Crippen LogP contribution is 2.30. The molecule has 94 valence electrons. The molecule has 0 aliphatic carbocycles. The summed E-state index contributed by atoms with van der Waals surface area (Å²) in [7, 11) is 1.18. The zero-order chi connectivity index (χ0) is 13.0. The summed E-state index contributed by atoms with van der Waals surface area (Å²) in [6, 6.07) is 0. The van der Waals surface area contributed by atoms with Crippen molar-refractivity contribution in [3.8, 4) is 0 Å². The molecule has 17 heavy (non-hydrogen) atoms. The van der Waals surface area contributed by atoms with Crippen molar-refractivity contribution in [1.29, 1.82) is 0 Å². The van der Waals surface area contributed by atoms with Crippen molar-refractivity contribution < 1.29 is 18.3 Å². The SMILES string of the molecule is COC(=O)Cc1cnc(CN)c(N)c1C(F)F. The second kappa shape index (κ2) is 5.53. The normalized spacial score (nSPS) is 10.6. The topological polar surface area (TPSA) is 91.2 Å². The van der Waals surface area contributed by atoms with E-state index < -0.39 is 18.0 Å². The quantitative estimate of drug-likeness (QED) is 0.765. The van der Waals surface area contributed by atoms with E-state index in [4.69, 9.17) is 11.5 Å². The van der Waals surface area contributed by atoms with E-state index in [-0.39, 0.29) is 29.9 Å². The van der Waals surface area contributed by atoms with Crippen LogP contribution in [0.15, 0.2) is 6.20 Å². The Kier molecular flexibility index (Phi) is 4.33. The van der Waals surface area contributed by atoms with Gasteiger partial charge in [-0.05, 0) is 5.56 Å². The van der Waals surface area contributed by atoms with Crippen molar-refractivity contribution in [2.75, 3.05) is 12.8 Å². The molecule has 0 saturated carbocycles. The van der Waals surface area contributed by atoms with Gasteiger partial charge in [0.1, 0.15) is 0 Å². The zero-order valence-electron chi connectivity index (χ0n) is 9.24. The van der Waals surface area contributed by atoms with E-state index >= 15 is 0 Å². The predicted octanol–water partition coefficient (Wildman–Crippen LogP) is 0.776. The second-order valence-corrected chi connectivity index (χ2v) is 3.32. The van der Waals surface area contributed by atoms with Crippen molar-refractivity contribution in [3.63, 3.8) is 0 Å². The summed E-state index contributed by atoms with van der Waals surface area (Å²) in [5, 5.41) is 0. The van der Waals surface area contributed by atoms with Gasteiger partial charge in [0, 0.05) is 18.3 Å². The predicted molar refractivity (Wildman–Crippen MR) is 57.2 cm³/mol. The first kappa shape index (κ1) is 13.3. The number of halogens is 2. The highest BCUT2D eigenvalue weighted by molar-refractivity contribution is 5.74. The average molecular weight is 245 g/mol. The van der Waals surface area contributed by atoms with Crippen LogP contribution in [-0.2, 0) is 22.5 Å². The van der Waals surface area contributed by atoms with Gasteiger partial charge in [-0.15, -0.1) is 0 Å². The number of carbonyl (C=O) groups is 1. The summed E-state index contributed by atoms with van der Waals surface area (Å²) in [6.07, 6.45) is -1.90. The molecule has 1 rings (SSSR count). The second-order valence-electron chi connectivity index (χ2n) is 3.32. The molecule has 0 spiro atoms. The molecule has 0 aliphatic rings. The molecule has 0 radical (unpaired) electrons. The van der Waals surface area contributed by atoms with Gasteiger partial charge >= 0.3 is 5.97 Å². The van der Waals surface area contributed by atoms with E-state index in [1.807, 2.05) is 0 Å². The number of rotatable bonds is 4. The molecular weight excluding hydrogens is 232 g/mol. The minimum atomic E-state index is -2.79. The number of aromatic nitrogens is 1. The first-order chi connectivity index (χ1) is 8.01. The molecule has 0 bridgehead atoms. The molecule has 0 aliphatic heterocycles. The van der Waals surface area contributed by atoms with Crippen molar-refractivity contribution >= 4 is 11.7 Å². The number of nitrogens with zero attached hydrogens (tertiary/aromatic N) is 1. The van der Waals surface area contributed by atoms with Gasteiger partial charge in [-0.1, -0.05) is 0 Å². The third kappa shape index (κ3) is 2.88. The summed E-state index contributed by atoms with van der Waals surface area (Å²) < 4.78 is 30.1. The monoisotopic (exact) mass is 245 g/mol. The van der Waals surface area contributed by atoms with Crippen molar-refractivity contribution in [1.82, 2.24) is 4.98 Å². The van der Waals surface area contributed by atoms with Gasteiger partial charge < -0.3 is 16.2 Å². The highest BCUT2D eigenvalue weighted by atomic mass is 19.3. The lowest BCUT2D eigenvalue weighted by molar-refractivity contribution is -0.139. The number of alkyl halides is 2. The fourth-order valence-corrected chi connectivity index (χ4v) is 1.41. The third-order valence-electron chi connectivity index (χ3n) is 2.30. The molecule has 1 aromatic rings. The van der Waals surface area contributed by atoms with E-state index in [0.717, 1.165) is 0 Å². The van der Waals surface area contributed by atoms with Crippen molar-refractivity contribution in [2.24, 2.45) is 5.73 Å². The Bertz CT molecular complexity index is 424. The van der Waals surface area contributed by atoms with Gasteiger partial charge in [0.2, 0.25) is 0 Å². The van der Waals surface area contributed by atoms with Crippen LogP contribution in [-0.4, -0.2) is 18.1 Å². The Morgan fingerprint density at radius 2 is 2.24 bits per heavy atom. The smallest absolute Gasteiger partial charge is 0.310 e.